The lowest BCUT2D eigenvalue weighted by Crippen LogP contribution is -2.29. The molecule has 0 radical (unpaired) electrons. The van der Waals surface area contributed by atoms with Gasteiger partial charge < -0.3 is 16.4 Å². The summed E-state index contributed by atoms with van der Waals surface area (Å²) in [5, 5.41) is 14.0. The molecule has 4 rings (SSSR count). The van der Waals surface area contributed by atoms with Crippen LogP contribution in [0.5, 0.6) is 0 Å². The molecule has 11 heteroatoms. The number of nitrogens with two attached hydrogens (primary N) is 1. The molecule has 0 aromatic carbocycles. The number of aromatic nitrogens is 5. The number of hydrogen-bond acceptors (Lipinski definition) is 6. The van der Waals surface area contributed by atoms with Crippen LogP contribution in [0.25, 0.3) is 5.82 Å². The van der Waals surface area contributed by atoms with Crippen molar-refractivity contribution < 1.29 is 9.59 Å². The van der Waals surface area contributed by atoms with Crippen LogP contribution in [-0.4, -0.2) is 49.6 Å². The summed E-state index contributed by atoms with van der Waals surface area (Å²) < 4.78 is 3.10. The molecule has 0 aliphatic carbocycles. The van der Waals surface area contributed by atoms with Gasteiger partial charge in [0.2, 0.25) is 0 Å². The quantitative estimate of drug-likeness (QED) is 0.579. The zero-order valence-electron chi connectivity index (χ0n) is 15.2. The van der Waals surface area contributed by atoms with Crippen LogP contribution in [-0.2, 0) is 13.6 Å². The lowest BCUT2D eigenvalue weighted by Gasteiger charge is -2.13. The summed E-state index contributed by atoms with van der Waals surface area (Å²) in [6, 6.07) is 4.82. The molecular weight excluding hydrogens is 362 g/mol. The highest BCUT2D eigenvalue weighted by atomic mass is 16.2. The van der Waals surface area contributed by atoms with E-state index in [4.69, 9.17) is 5.73 Å². The molecule has 0 saturated carbocycles. The molecule has 3 aromatic rings. The first kappa shape index (κ1) is 17.7. The van der Waals surface area contributed by atoms with Crippen molar-refractivity contribution in [3.8, 4) is 5.82 Å². The molecule has 3 amide bonds. The third-order valence-corrected chi connectivity index (χ3v) is 4.24. The summed E-state index contributed by atoms with van der Waals surface area (Å²) in [7, 11) is 1.72. The van der Waals surface area contributed by atoms with Crippen molar-refractivity contribution in [2.24, 2.45) is 12.8 Å². The molecule has 0 spiro atoms. The van der Waals surface area contributed by atoms with Gasteiger partial charge in [0, 0.05) is 38.4 Å². The molecule has 1 saturated heterocycles. The Kier molecular flexibility index (Phi) is 4.49. The Hall–Kier alpha value is -3.73. The molecule has 3 aromatic heterocycles. The van der Waals surface area contributed by atoms with Crippen LogP contribution >= 0.6 is 0 Å². The zero-order chi connectivity index (χ0) is 19.7. The minimum Gasteiger partial charge on any atom is -0.336 e. The average molecular weight is 381 g/mol. The maximum Gasteiger partial charge on any atom is 0.323 e. The second kappa shape index (κ2) is 7.12. The fourth-order valence-corrected chi connectivity index (χ4v) is 2.89. The number of aryl methyl sites for hydroxylation is 1. The number of pyridine rings is 1. The predicted octanol–water partition coefficient (Wildman–Crippen LogP) is 0.241. The summed E-state index contributed by atoms with van der Waals surface area (Å²) >= 11 is 0. The van der Waals surface area contributed by atoms with Crippen molar-refractivity contribution in [3.63, 3.8) is 0 Å². The average Bonchev–Trinajstić information content (AvgIpc) is 3.41. The van der Waals surface area contributed by atoms with E-state index in [0.717, 1.165) is 5.56 Å². The van der Waals surface area contributed by atoms with Crippen molar-refractivity contribution in [2.75, 3.05) is 23.3 Å². The predicted molar refractivity (Wildman–Crippen MR) is 101 cm³/mol. The molecule has 1 aliphatic rings. The first-order chi connectivity index (χ1) is 13.5. The second-order valence-corrected chi connectivity index (χ2v) is 6.26. The largest absolute Gasteiger partial charge is 0.336 e. The van der Waals surface area contributed by atoms with E-state index in [-0.39, 0.29) is 11.7 Å². The van der Waals surface area contributed by atoms with E-state index < -0.39 is 5.91 Å². The maximum absolute atomic E-state index is 12.7. The molecule has 1 fully saturated rings. The van der Waals surface area contributed by atoms with Crippen LogP contribution < -0.4 is 21.3 Å². The molecule has 28 heavy (non-hydrogen) atoms. The van der Waals surface area contributed by atoms with Gasteiger partial charge in [-0.3, -0.25) is 14.4 Å². The number of carbonyl (C=O) groups is 2. The summed E-state index contributed by atoms with van der Waals surface area (Å²) in [6.07, 6.45) is 5.05. The molecule has 144 valence electrons. The maximum atomic E-state index is 12.7. The van der Waals surface area contributed by atoms with Gasteiger partial charge in [-0.2, -0.15) is 10.2 Å². The first-order valence-electron chi connectivity index (χ1n) is 8.66. The van der Waals surface area contributed by atoms with E-state index in [0.29, 0.717) is 37.0 Å². The molecule has 0 atom stereocenters. The number of nitrogens with zero attached hydrogens (tertiary/aromatic N) is 6. The second-order valence-electron chi connectivity index (χ2n) is 6.26. The highest BCUT2D eigenvalue weighted by molar-refractivity contribution is 6.06. The van der Waals surface area contributed by atoms with Gasteiger partial charge in [0.15, 0.2) is 11.6 Å². The molecule has 1 aliphatic heterocycles. The van der Waals surface area contributed by atoms with Gasteiger partial charge >= 0.3 is 6.03 Å². The summed E-state index contributed by atoms with van der Waals surface area (Å²) in [4.78, 5) is 30.5. The summed E-state index contributed by atoms with van der Waals surface area (Å²) in [6.45, 7) is 1.38. The highest BCUT2D eigenvalue weighted by Gasteiger charge is 2.27. The van der Waals surface area contributed by atoms with Crippen molar-refractivity contribution in [2.45, 2.75) is 6.54 Å². The minimum absolute atomic E-state index is 0.211. The third kappa shape index (κ3) is 3.30. The number of amides is 3. The molecular formula is C17H19N9O2. The van der Waals surface area contributed by atoms with Crippen molar-refractivity contribution in [3.05, 3.63) is 48.0 Å². The van der Waals surface area contributed by atoms with Gasteiger partial charge in [-0.15, -0.1) is 0 Å². The van der Waals surface area contributed by atoms with Gasteiger partial charge in [0.1, 0.15) is 11.4 Å². The van der Waals surface area contributed by atoms with Crippen LogP contribution in [0.1, 0.15) is 16.1 Å². The zero-order valence-corrected chi connectivity index (χ0v) is 15.2. The Labute approximate surface area is 160 Å². The van der Waals surface area contributed by atoms with E-state index in [1.807, 2.05) is 0 Å². The van der Waals surface area contributed by atoms with Crippen molar-refractivity contribution in [1.29, 1.82) is 0 Å². The van der Waals surface area contributed by atoms with E-state index in [9.17, 15) is 9.59 Å². The van der Waals surface area contributed by atoms with Gasteiger partial charge in [-0.25, -0.2) is 14.5 Å². The third-order valence-electron chi connectivity index (χ3n) is 4.24. The topological polar surface area (TPSA) is 136 Å². The number of carbonyl (C=O) groups excluding carboxylic acids is 2. The number of urea groups is 1. The van der Waals surface area contributed by atoms with Crippen molar-refractivity contribution >= 4 is 23.4 Å². The minimum atomic E-state index is -0.415. The highest BCUT2D eigenvalue weighted by Crippen LogP contribution is 2.25. The van der Waals surface area contributed by atoms with E-state index in [1.165, 1.54) is 4.90 Å². The Bertz CT molecular complexity index is 1040. The molecule has 11 nitrogen and oxygen atoms in total. The monoisotopic (exact) mass is 381 g/mol. The van der Waals surface area contributed by atoms with Gasteiger partial charge in [0.05, 0.1) is 12.4 Å². The SMILES string of the molecule is Cn1cc(NC(=O)c2cccc(-n3cc(CN)cn3)n2)c(N2CCNC2=O)n1. The normalized spacial score (nSPS) is 13.6. The van der Waals surface area contributed by atoms with Crippen LogP contribution in [0.4, 0.5) is 16.3 Å². The smallest absolute Gasteiger partial charge is 0.323 e. The lowest BCUT2D eigenvalue weighted by molar-refractivity contribution is 0.102. The van der Waals surface area contributed by atoms with Gasteiger partial charge in [-0.05, 0) is 12.1 Å². The standard InChI is InChI=1S/C17H19N9O2/c1-24-10-13(15(23-24)25-6-5-19-17(25)28)22-16(27)12-3-2-4-14(21-12)26-9-11(7-18)8-20-26/h2-4,8-10H,5-7,18H2,1H3,(H,19,28)(H,22,27). The number of anilines is 2. The Balaban J connectivity index is 1.58. The van der Waals surface area contributed by atoms with Crippen LogP contribution in [0.15, 0.2) is 36.8 Å². The lowest BCUT2D eigenvalue weighted by atomic mass is 10.3. The molecule has 0 bridgehead atoms. The summed E-state index contributed by atoms with van der Waals surface area (Å²) in [5.74, 6) is 0.473. The fraction of sp³-hybridized carbons (Fsp3) is 0.235. The van der Waals surface area contributed by atoms with Gasteiger partial charge in [-0.1, -0.05) is 6.07 Å². The Morgan fingerprint density at radius 2 is 2.21 bits per heavy atom. The Morgan fingerprint density at radius 1 is 1.36 bits per heavy atom. The van der Waals surface area contributed by atoms with Gasteiger partial charge in [0.25, 0.3) is 5.91 Å². The Morgan fingerprint density at radius 3 is 2.93 bits per heavy atom. The number of rotatable bonds is 5. The number of nitrogens with one attached hydrogen (secondary N) is 2. The number of hydrogen-bond donors (Lipinski definition) is 3. The van der Waals surface area contributed by atoms with E-state index in [1.54, 1.807) is 53.2 Å². The van der Waals surface area contributed by atoms with Crippen LogP contribution in [0.2, 0.25) is 0 Å². The van der Waals surface area contributed by atoms with E-state index in [2.05, 4.69) is 25.8 Å². The van der Waals surface area contributed by atoms with E-state index >= 15 is 0 Å². The molecule has 4 heterocycles. The fourth-order valence-electron chi connectivity index (χ4n) is 2.89. The van der Waals surface area contributed by atoms with Crippen LogP contribution in [0, 0.1) is 0 Å². The van der Waals surface area contributed by atoms with Crippen molar-refractivity contribution in [1.82, 2.24) is 29.9 Å². The molecule has 4 N–H and O–H groups in total. The molecule has 0 unspecified atom stereocenters. The first-order valence-corrected chi connectivity index (χ1v) is 8.66. The summed E-state index contributed by atoms with van der Waals surface area (Å²) in [5.41, 5.74) is 7.11. The van der Waals surface area contributed by atoms with Crippen LogP contribution in [0.3, 0.4) is 0 Å².